The van der Waals surface area contributed by atoms with E-state index in [1.165, 1.54) is 11.8 Å². The van der Waals surface area contributed by atoms with Gasteiger partial charge in [0.05, 0.1) is 18.4 Å². The Labute approximate surface area is 164 Å². The summed E-state index contributed by atoms with van der Waals surface area (Å²) in [5.41, 5.74) is 0.00617. The lowest BCUT2D eigenvalue weighted by Gasteiger charge is -2.28. The third-order valence-corrected chi connectivity index (χ3v) is 5.74. The summed E-state index contributed by atoms with van der Waals surface area (Å²) in [5.74, 6) is 1.27. The number of hydrogen-bond acceptors (Lipinski definition) is 6. The second-order valence-electron chi connectivity index (χ2n) is 6.81. The fourth-order valence-corrected chi connectivity index (χ4v) is 3.09. The highest BCUT2D eigenvalue weighted by atomic mass is 32.2. The van der Waals surface area contributed by atoms with Gasteiger partial charge in [-0.05, 0) is 44.0 Å². The zero-order valence-electron chi connectivity index (χ0n) is 16.5. The summed E-state index contributed by atoms with van der Waals surface area (Å²) in [4.78, 5) is 12.5. The molecule has 0 radical (unpaired) electrons. The molecular formula is C19H25N5O2S. The van der Waals surface area contributed by atoms with E-state index in [4.69, 9.17) is 4.74 Å². The molecule has 1 aromatic heterocycles. The Kier molecular flexibility index (Phi) is 6.50. The van der Waals surface area contributed by atoms with E-state index in [2.05, 4.69) is 21.6 Å². The number of carbonyl (C=O) groups excluding carboxylic acids is 1. The van der Waals surface area contributed by atoms with Gasteiger partial charge in [-0.15, -0.1) is 10.2 Å². The van der Waals surface area contributed by atoms with Crippen molar-refractivity contribution in [2.75, 3.05) is 7.11 Å². The molecule has 0 aliphatic heterocycles. The summed E-state index contributed by atoms with van der Waals surface area (Å²) in [7, 11) is 3.48. The molecule has 7 nitrogen and oxygen atoms in total. The Bertz CT molecular complexity index is 841. The lowest BCUT2D eigenvalue weighted by atomic mass is 9.90. The topological polar surface area (TPSA) is 92.8 Å². The predicted octanol–water partition coefficient (Wildman–Crippen LogP) is 3.03. The lowest BCUT2D eigenvalue weighted by molar-refractivity contribution is -0.121. The lowest BCUT2D eigenvalue weighted by Crippen LogP contribution is -2.51. The maximum Gasteiger partial charge on any atom is 0.234 e. The van der Waals surface area contributed by atoms with E-state index in [1.54, 1.807) is 21.0 Å². The third-order valence-electron chi connectivity index (χ3n) is 4.60. The molecule has 8 heteroatoms. The van der Waals surface area contributed by atoms with Crippen LogP contribution >= 0.6 is 11.8 Å². The number of methoxy groups -OCH3 is 1. The van der Waals surface area contributed by atoms with E-state index in [-0.39, 0.29) is 11.8 Å². The van der Waals surface area contributed by atoms with Crippen LogP contribution in [0.2, 0.25) is 0 Å². The summed E-state index contributed by atoms with van der Waals surface area (Å²) in [6, 6.07) is 9.74. The van der Waals surface area contributed by atoms with E-state index in [0.29, 0.717) is 11.0 Å². The highest BCUT2D eigenvalue weighted by Crippen LogP contribution is 2.27. The van der Waals surface area contributed by atoms with Crippen LogP contribution < -0.4 is 10.1 Å². The molecule has 0 fully saturated rings. The second kappa shape index (κ2) is 8.44. The monoisotopic (exact) mass is 387 g/mol. The van der Waals surface area contributed by atoms with Crippen LogP contribution in [0.3, 0.4) is 0 Å². The molecule has 0 saturated heterocycles. The largest absolute Gasteiger partial charge is 0.497 e. The van der Waals surface area contributed by atoms with Gasteiger partial charge in [-0.2, -0.15) is 5.26 Å². The minimum absolute atomic E-state index is 0.000141. The SMILES string of the molecule is COc1ccc(-c2nnc(S[C@H](C)C(=O)N[C@@](C)(C#N)C(C)C)n2C)cc1. The number of nitrogens with one attached hydrogen (secondary N) is 1. The maximum absolute atomic E-state index is 12.5. The van der Waals surface area contributed by atoms with Gasteiger partial charge in [0.1, 0.15) is 11.3 Å². The van der Waals surface area contributed by atoms with E-state index in [9.17, 15) is 10.1 Å². The second-order valence-corrected chi connectivity index (χ2v) is 8.12. The Hall–Kier alpha value is -2.53. The molecule has 0 aliphatic carbocycles. The average molecular weight is 388 g/mol. The Morgan fingerprint density at radius 3 is 2.44 bits per heavy atom. The average Bonchev–Trinajstić information content (AvgIpc) is 3.01. The summed E-state index contributed by atoms with van der Waals surface area (Å²) < 4.78 is 7.02. The van der Waals surface area contributed by atoms with Crippen LogP contribution in [-0.2, 0) is 11.8 Å². The number of ether oxygens (including phenoxy) is 1. The molecule has 0 aliphatic rings. The molecule has 2 atom stereocenters. The van der Waals surface area contributed by atoms with Crippen molar-refractivity contribution < 1.29 is 9.53 Å². The standard InChI is InChI=1S/C19H25N5O2S/c1-12(2)19(4,11-20)21-17(25)13(3)27-18-23-22-16(24(18)5)14-7-9-15(26-6)10-8-14/h7-10,12-13H,1-6H3,(H,21,25)/t13-,19+/m1/s1. The third kappa shape index (κ3) is 4.61. The van der Waals surface area contributed by atoms with Gasteiger partial charge in [-0.25, -0.2) is 0 Å². The minimum Gasteiger partial charge on any atom is -0.497 e. The van der Waals surface area contributed by atoms with E-state index >= 15 is 0 Å². The van der Waals surface area contributed by atoms with Crippen molar-refractivity contribution in [3.63, 3.8) is 0 Å². The number of amides is 1. The van der Waals surface area contributed by atoms with Gasteiger partial charge in [-0.1, -0.05) is 25.6 Å². The number of nitrogens with zero attached hydrogens (tertiary/aromatic N) is 4. The molecule has 27 heavy (non-hydrogen) atoms. The maximum atomic E-state index is 12.5. The zero-order chi connectivity index (χ0) is 20.2. The van der Waals surface area contributed by atoms with Gasteiger partial charge in [0.15, 0.2) is 11.0 Å². The summed E-state index contributed by atoms with van der Waals surface area (Å²) in [6.45, 7) is 7.34. The van der Waals surface area contributed by atoms with Gasteiger partial charge in [0, 0.05) is 12.6 Å². The quantitative estimate of drug-likeness (QED) is 0.734. The minimum atomic E-state index is -0.903. The molecule has 0 unspecified atom stereocenters. The number of carbonyl (C=O) groups is 1. The number of thioether (sulfide) groups is 1. The van der Waals surface area contributed by atoms with Crippen molar-refractivity contribution in [2.45, 2.75) is 43.6 Å². The zero-order valence-corrected chi connectivity index (χ0v) is 17.3. The Morgan fingerprint density at radius 2 is 1.93 bits per heavy atom. The molecule has 0 spiro atoms. The van der Waals surface area contributed by atoms with Gasteiger partial charge in [0.25, 0.3) is 0 Å². The first-order valence-electron chi connectivity index (χ1n) is 8.65. The summed E-state index contributed by atoms with van der Waals surface area (Å²) >= 11 is 1.31. The molecule has 2 aromatic rings. The number of nitriles is 1. The number of rotatable bonds is 7. The summed E-state index contributed by atoms with van der Waals surface area (Å²) in [5, 5.41) is 20.9. The van der Waals surface area contributed by atoms with Gasteiger partial charge >= 0.3 is 0 Å². The van der Waals surface area contributed by atoms with Crippen LogP contribution in [0.15, 0.2) is 29.4 Å². The molecule has 1 N–H and O–H groups in total. The van der Waals surface area contributed by atoms with Gasteiger partial charge in [-0.3, -0.25) is 4.79 Å². The van der Waals surface area contributed by atoms with Crippen LogP contribution in [0.1, 0.15) is 27.7 Å². The molecule has 1 amide bonds. The van der Waals surface area contributed by atoms with Gasteiger partial charge in [0.2, 0.25) is 5.91 Å². The molecule has 144 valence electrons. The van der Waals surface area contributed by atoms with Crippen molar-refractivity contribution >= 4 is 17.7 Å². The number of hydrogen-bond donors (Lipinski definition) is 1. The number of aromatic nitrogens is 3. The van der Waals surface area contributed by atoms with Crippen molar-refractivity contribution in [2.24, 2.45) is 13.0 Å². The fraction of sp³-hybridized carbons (Fsp3) is 0.474. The van der Waals surface area contributed by atoms with Crippen molar-refractivity contribution in [3.8, 4) is 23.2 Å². The van der Waals surface area contributed by atoms with Crippen LogP contribution in [0.25, 0.3) is 11.4 Å². The molecule has 2 rings (SSSR count). The van der Waals surface area contributed by atoms with Gasteiger partial charge < -0.3 is 14.6 Å². The first kappa shape index (κ1) is 20.8. The molecule has 0 saturated carbocycles. The van der Waals surface area contributed by atoms with Crippen LogP contribution in [0, 0.1) is 17.2 Å². The highest BCUT2D eigenvalue weighted by molar-refractivity contribution is 8.00. The smallest absolute Gasteiger partial charge is 0.234 e. The molecule has 0 bridgehead atoms. The van der Waals surface area contributed by atoms with E-state index in [0.717, 1.165) is 11.3 Å². The van der Waals surface area contributed by atoms with E-state index in [1.807, 2.05) is 49.7 Å². The molecular weight excluding hydrogens is 362 g/mol. The van der Waals surface area contributed by atoms with Crippen molar-refractivity contribution in [3.05, 3.63) is 24.3 Å². The fourth-order valence-electron chi connectivity index (χ4n) is 2.28. The van der Waals surface area contributed by atoms with Crippen molar-refractivity contribution in [1.82, 2.24) is 20.1 Å². The first-order chi connectivity index (χ1) is 12.7. The van der Waals surface area contributed by atoms with Crippen molar-refractivity contribution in [1.29, 1.82) is 5.26 Å². The van der Waals surface area contributed by atoms with E-state index < -0.39 is 10.8 Å². The number of benzene rings is 1. The highest BCUT2D eigenvalue weighted by Gasteiger charge is 2.32. The molecule has 1 heterocycles. The Balaban J connectivity index is 2.12. The van der Waals surface area contributed by atoms with Crippen LogP contribution in [0.5, 0.6) is 5.75 Å². The normalized spacial score (nSPS) is 14.3. The summed E-state index contributed by atoms with van der Waals surface area (Å²) in [6.07, 6.45) is 0. The van der Waals surface area contributed by atoms with Crippen LogP contribution in [0.4, 0.5) is 0 Å². The Morgan fingerprint density at radius 1 is 1.30 bits per heavy atom. The first-order valence-corrected chi connectivity index (χ1v) is 9.53. The predicted molar refractivity (Wildman–Crippen MR) is 105 cm³/mol. The molecule has 1 aromatic carbocycles. The van der Waals surface area contributed by atoms with Crippen LogP contribution in [-0.4, -0.2) is 38.6 Å².